The first-order valence-corrected chi connectivity index (χ1v) is 9.24. The molecule has 0 bridgehead atoms. The molecule has 2 aromatic rings. The number of carbonyl (C=O) groups is 2. The zero-order valence-electron chi connectivity index (χ0n) is 13.9. The number of ether oxygens (including phenoxy) is 2. The molecule has 0 spiro atoms. The topological polar surface area (TPSA) is 125 Å². The van der Waals surface area contributed by atoms with E-state index in [1.165, 1.54) is 24.7 Å². The molecule has 1 saturated heterocycles. The first-order chi connectivity index (χ1) is 12.4. The summed E-state index contributed by atoms with van der Waals surface area (Å²) < 4.78 is 46.3. The normalized spacial score (nSPS) is 27.6. The molecule has 1 aliphatic heterocycles. The lowest BCUT2D eigenvalue weighted by atomic mass is 10.0. The molecule has 3 heterocycles. The molecule has 9 nitrogen and oxygen atoms in total. The van der Waals surface area contributed by atoms with Crippen molar-refractivity contribution in [3.05, 3.63) is 48.3 Å². The van der Waals surface area contributed by atoms with Crippen molar-refractivity contribution in [2.75, 3.05) is 14.2 Å². The highest BCUT2D eigenvalue weighted by Crippen LogP contribution is 2.39. The van der Waals surface area contributed by atoms with E-state index in [1.807, 2.05) is 0 Å². The van der Waals surface area contributed by atoms with Gasteiger partial charge in [-0.2, -0.15) is 0 Å². The second-order valence-corrected chi connectivity index (χ2v) is 7.82. The van der Waals surface area contributed by atoms with E-state index in [-0.39, 0.29) is 11.5 Å². The third kappa shape index (κ3) is 2.90. The maximum absolute atomic E-state index is 13.2. The fraction of sp³-hybridized carbons (Fsp3) is 0.375. The van der Waals surface area contributed by atoms with E-state index < -0.39 is 44.4 Å². The van der Waals surface area contributed by atoms with E-state index in [0.717, 1.165) is 14.2 Å². The highest BCUT2D eigenvalue weighted by molar-refractivity contribution is 7.94. The van der Waals surface area contributed by atoms with Crippen molar-refractivity contribution in [3.8, 4) is 0 Å². The second-order valence-electron chi connectivity index (χ2n) is 5.63. The van der Waals surface area contributed by atoms with Crippen LogP contribution in [0.2, 0.25) is 0 Å². The van der Waals surface area contributed by atoms with E-state index in [1.54, 1.807) is 12.1 Å². The fourth-order valence-corrected chi connectivity index (χ4v) is 5.31. The number of sulfone groups is 1. The SMILES string of the molecule is COC(=O)[C@@H]1[C@H](c2ccco2)N[C@@H](c2ccco2)[C@H](C(=O)OC)S1(=O)=O. The number of methoxy groups -OCH3 is 2. The summed E-state index contributed by atoms with van der Waals surface area (Å²) in [6.45, 7) is 0. The van der Waals surface area contributed by atoms with Gasteiger partial charge in [-0.15, -0.1) is 0 Å². The van der Waals surface area contributed by atoms with Crippen LogP contribution in [0.25, 0.3) is 0 Å². The van der Waals surface area contributed by atoms with Crippen LogP contribution in [0, 0.1) is 0 Å². The maximum atomic E-state index is 13.2. The van der Waals surface area contributed by atoms with Crippen LogP contribution in [0.5, 0.6) is 0 Å². The Kier molecular flexibility index (Phi) is 4.88. The predicted octanol–water partition coefficient (Wildman–Crippen LogP) is 0.756. The van der Waals surface area contributed by atoms with Crippen molar-refractivity contribution in [1.29, 1.82) is 0 Å². The van der Waals surface area contributed by atoms with E-state index in [9.17, 15) is 18.0 Å². The number of hydrogen-bond acceptors (Lipinski definition) is 9. The summed E-state index contributed by atoms with van der Waals surface area (Å²) in [6.07, 6.45) is 2.71. The second kappa shape index (κ2) is 6.96. The van der Waals surface area contributed by atoms with Gasteiger partial charge in [-0.25, -0.2) is 8.42 Å². The molecule has 10 heteroatoms. The summed E-state index contributed by atoms with van der Waals surface area (Å²) in [5.74, 6) is -1.59. The van der Waals surface area contributed by atoms with Crippen molar-refractivity contribution in [2.45, 2.75) is 22.6 Å². The van der Waals surface area contributed by atoms with Gasteiger partial charge < -0.3 is 18.3 Å². The monoisotopic (exact) mass is 383 g/mol. The van der Waals surface area contributed by atoms with Crippen LogP contribution in [0.1, 0.15) is 23.6 Å². The molecule has 26 heavy (non-hydrogen) atoms. The molecule has 4 atom stereocenters. The Morgan fingerprint density at radius 2 is 1.35 bits per heavy atom. The molecule has 1 N–H and O–H groups in total. The first kappa shape index (κ1) is 18.2. The van der Waals surface area contributed by atoms with Crippen LogP contribution in [-0.4, -0.2) is 45.1 Å². The van der Waals surface area contributed by atoms with E-state index in [2.05, 4.69) is 14.8 Å². The van der Waals surface area contributed by atoms with Crippen molar-refractivity contribution < 1.29 is 36.3 Å². The van der Waals surface area contributed by atoms with Gasteiger partial charge in [0.25, 0.3) is 0 Å². The Bertz CT molecular complexity index is 805. The molecule has 2 aromatic heterocycles. The van der Waals surface area contributed by atoms with E-state index in [4.69, 9.17) is 8.83 Å². The molecular formula is C16H17NO8S. The summed E-state index contributed by atoms with van der Waals surface area (Å²) >= 11 is 0. The van der Waals surface area contributed by atoms with Crippen LogP contribution < -0.4 is 5.32 Å². The van der Waals surface area contributed by atoms with Crippen molar-refractivity contribution >= 4 is 21.8 Å². The highest BCUT2D eigenvalue weighted by Gasteiger charge is 2.58. The molecule has 0 radical (unpaired) electrons. The lowest BCUT2D eigenvalue weighted by Crippen LogP contribution is -2.59. The van der Waals surface area contributed by atoms with Crippen molar-refractivity contribution in [1.82, 2.24) is 5.32 Å². The Labute approximate surface area is 149 Å². The lowest BCUT2D eigenvalue weighted by molar-refractivity contribution is -0.142. The van der Waals surface area contributed by atoms with Crippen LogP contribution in [-0.2, 0) is 28.9 Å². The molecule has 0 saturated carbocycles. The van der Waals surface area contributed by atoms with Gasteiger partial charge in [0.2, 0.25) is 0 Å². The molecule has 1 fully saturated rings. The smallest absolute Gasteiger partial charge is 0.326 e. The van der Waals surface area contributed by atoms with Gasteiger partial charge in [-0.05, 0) is 24.3 Å². The third-order valence-corrected chi connectivity index (χ3v) is 6.58. The Morgan fingerprint density at radius 1 is 0.923 bits per heavy atom. The summed E-state index contributed by atoms with van der Waals surface area (Å²) in [5.41, 5.74) is 0. The number of hydrogen-bond donors (Lipinski definition) is 1. The van der Waals surface area contributed by atoms with Crippen molar-refractivity contribution in [3.63, 3.8) is 0 Å². The number of esters is 2. The van der Waals surface area contributed by atoms with Gasteiger partial charge in [0, 0.05) is 0 Å². The third-order valence-electron chi connectivity index (χ3n) is 4.24. The molecule has 140 valence electrons. The minimum absolute atomic E-state index is 0.212. The minimum Gasteiger partial charge on any atom is -0.468 e. The van der Waals surface area contributed by atoms with Crippen LogP contribution in [0.4, 0.5) is 0 Å². The summed E-state index contributed by atoms with van der Waals surface area (Å²) in [7, 11) is -2.22. The lowest BCUT2D eigenvalue weighted by Gasteiger charge is -2.38. The van der Waals surface area contributed by atoms with Gasteiger partial charge in [-0.1, -0.05) is 0 Å². The van der Waals surface area contributed by atoms with E-state index in [0.29, 0.717) is 0 Å². The van der Waals surface area contributed by atoms with Gasteiger partial charge in [0.15, 0.2) is 20.3 Å². The number of nitrogens with one attached hydrogen (secondary N) is 1. The van der Waals surface area contributed by atoms with Crippen LogP contribution in [0.15, 0.2) is 45.6 Å². The summed E-state index contributed by atoms with van der Waals surface area (Å²) in [5, 5.41) is -0.396. The van der Waals surface area contributed by atoms with Crippen LogP contribution in [0.3, 0.4) is 0 Å². The van der Waals surface area contributed by atoms with E-state index >= 15 is 0 Å². The molecule has 0 unspecified atom stereocenters. The Balaban J connectivity index is 2.17. The van der Waals surface area contributed by atoms with Gasteiger partial charge in [0.1, 0.15) is 11.5 Å². The Hall–Kier alpha value is -2.59. The molecule has 0 aromatic carbocycles. The number of carbonyl (C=O) groups excluding carboxylic acids is 2. The average molecular weight is 383 g/mol. The summed E-state index contributed by atoms with van der Waals surface area (Å²) in [4.78, 5) is 24.6. The largest absolute Gasteiger partial charge is 0.468 e. The number of rotatable bonds is 4. The summed E-state index contributed by atoms with van der Waals surface area (Å²) in [6, 6.07) is 4.04. The van der Waals surface area contributed by atoms with Gasteiger partial charge >= 0.3 is 11.9 Å². The standard InChI is InChI=1S/C16H17NO8S/c1-22-15(18)13-11(9-5-3-7-24-9)17-12(10-6-4-8-25-10)14(16(19)23-2)26(13,20)21/h3-8,11-14,17H,1-2H3/t11-,12-,13-,14+/m0/s1. The maximum Gasteiger partial charge on any atom is 0.326 e. The number of furan rings is 2. The minimum atomic E-state index is -4.37. The van der Waals surface area contributed by atoms with Crippen molar-refractivity contribution in [2.24, 2.45) is 0 Å². The quantitative estimate of drug-likeness (QED) is 0.761. The molecule has 1 aliphatic rings. The Morgan fingerprint density at radius 3 is 1.65 bits per heavy atom. The van der Waals surface area contributed by atoms with Crippen LogP contribution >= 0.6 is 0 Å². The average Bonchev–Trinajstić information content (AvgIpc) is 3.32. The zero-order valence-corrected chi connectivity index (χ0v) is 14.8. The fourth-order valence-electron chi connectivity index (χ4n) is 3.08. The highest BCUT2D eigenvalue weighted by atomic mass is 32.2. The zero-order chi connectivity index (χ0) is 18.9. The molecular weight excluding hydrogens is 366 g/mol. The molecule has 0 aliphatic carbocycles. The molecule has 3 rings (SSSR count). The van der Waals surface area contributed by atoms with Gasteiger partial charge in [-0.3, -0.25) is 14.9 Å². The molecule has 0 amide bonds. The predicted molar refractivity (Wildman–Crippen MR) is 86.6 cm³/mol. The van der Waals surface area contributed by atoms with Gasteiger partial charge in [0.05, 0.1) is 38.8 Å². The first-order valence-electron chi connectivity index (χ1n) is 7.63.